The van der Waals surface area contributed by atoms with Crippen molar-refractivity contribution in [2.75, 3.05) is 5.32 Å². The Hall–Kier alpha value is -3.18. The van der Waals surface area contributed by atoms with Gasteiger partial charge in [-0.2, -0.15) is 18.3 Å². The second-order valence-electron chi connectivity index (χ2n) is 7.81. The topological polar surface area (TPSA) is 76.2 Å². The Labute approximate surface area is 179 Å². The number of aromatic nitrogens is 4. The molecule has 12 heteroatoms. The summed E-state index contributed by atoms with van der Waals surface area (Å²) in [5.41, 5.74) is -1.15. The van der Waals surface area contributed by atoms with Gasteiger partial charge < -0.3 is 10.6 Å². The monoisotopic (exact) mass is 456 g/mol. The lowest BCUT2D eigenvalue weighted by Crippen LogP contribution is -2.40. The van der Waals surface area contributed by atoms with Gasteiger partial charge in [-0.25, -0.2) is 13.8 Å². The van der Waals surface area contributed by atoms with E-state index in [1.54, 1.807) is 12.1 Å². The van der Waals surface area contributed by atoms with Crippen LogP contribution in [0.5, 0.6) is 0 Å². The maximum absolute atomic E-state index is 13.0. The highest BCUT2D eigenvalue weighted by Crippen LogP contribution is 2.30. The number of nitrogens with zero attached hydrogens (tertiary/aromatic N) is 4. The van der Waals surface area contributed by atoms with Crippen molar-refractivity contribution in [3.05, 3.63) is 47.5 Å². The van der Waals surface area contributed by atoms with Crippen molar-refractivity contribution in [2.24, 2.45) is 7.05 Å². The first-order chi connectivity index (χ1) is 15.1. The predicted octanol–water partition coefficient (Wildman–Crippen LogP) is 4.18. The lowest BCUT2D eigenvalue weighted by Gasteiger charge is -2.30. The lowest BCUT2D eigenvalue weighted by atomic mass is 9.91. The van der Waals surface area contributed by atoms with Crippen LogP contribution in [0.3, 0.4) is 0 Å². The molecule has 4 rings (SSSR count). The normalized spacial score (nSPS) is 19.5. The van der Waals surface area contributed by atoms with Gasteiger partial charge in [0.15, 0.2) is 5.69 Å². The number of anilines is 1. The molecule has 1 amide bonds. The minimum Gasteiger partial charge on any atom is -0.368 e. The van der Waals surface area contributed by atoms with Crippen LogP contribution in [0.25, 0.3) is 5.65 Å². The molecule has 0 atom stereocenters. The molecule has 0 spiro atoms. The third kappa shape index (κ3) is 4.53. The van der Waals surface area contributed by atoms with Gasteiger partial charge in [-0.05, 0) is 43.9 Å². The number of hydrogen-bond acceptors (Lipinski definition) is 4. The first kappa shape index (κ1) is 22.0. The van der Waals surface area contributed by atoms with Crippen molar-refractivity contribution >= 4 is 17.4 Å². The van der Waals surface area contributed by atoms with E-state index in [9.17, 15) is 26.7 Å². The summed E-state index contributed by atoms with van der Waals surface area (Å²) < 4.78 is 67.0. The van der Waals surface area contributed by atoms with Gasteiger partial charge in [0.1, 0.15) is 22.9 Å². The first-order valence-corrected chi connectivity index (χ1v) is 10.1. The van der Waals surface area contributed by atoms with E-state index < -0.39 is 29.9 Å². The minimum atomic E-state index is -4.52. The molecule has 3 heterocycles. The molecule has 0 saturated heterocycles. The standard InChI is InChI=1S/C20H21F5N6O/c1-30-14(9-13(29-30)18(21)22)19(32)27-12-7-5-11(6-8-12)26-16-3-2-4-17-28-15(10-31(16)17)20(23,24)25/h2-4,9-12,18,26H,5-8H2,1H3,(H,27,32). The number of rotatable bonds is 5. The van der Waals surface area contributed by atoms with E-state index >= 15 is 0 Å². The molecule has 32 heavy (non-hydrogen) atoms. The molecule has 172 valence electrons. The van der Waals surface area contributed by atoms with Gasteiger partial charge in [0.25, 0.3) is 12.3 Å². The van der Waals surface area contributed by atoms with Crippen LogP contribution in [0.4, 0.5) is 27.8 Å². The summed E-state index contributed by atoms with van der Waals surface area (Å²) in [6.45, 7) is 0. The molecule has 0 unspecified atom stereocenters. The molecular weight excluding hydrogens is 435 g/mol. The zero-order valence-corrected chi connectivity index (χ0v) is 17.0. The van der Waals surface area contributed by atoms with E-state index in [2.05, 4.69) is 20.7 Å². The van der Waals surface area contributed by atoms with Gasteiger partial charge >= 0.3 is 6.18 Å². The Bertz CT molecular complexity index is 1110. The molecule has 1 fully saturated rings. The molecule has 0 aromatic carbocycles. The molecule has 1 saturated carbocycles. The molecule has 0 aliphatic heterocycles. The van der Waals surface area contributed by atoms with Gasteiger partial charge in [0.2, 0.25) is 0 Å². The van der Waals surface area contributed by atoms with Crippen LogP contribution < -0.4 is 10.6 Å². The van der Waals surface area contributed by atoms with Gasteiger partial charge in [-0.3, -0.25) is 13.9 Å². The predicted molar refractivity (Wildman–Crippen MR) is 105 cm³/mol. The third-order valence-corrected chi connectivity index (χ3v) is 5.55. The molecule has 0 radical (unpaired) electrons. The number of alkyl halides is 5. The second kappa shape index (κ2) is 8.40. The van der Waals surface area contributed by atoms with Gasteiger partial charge in [-0.1, -0.05) is 6.07 Å². The van der Waals surface area contributed by atoms with Crippen LogP contribution in [0.2, 0.25) is 0 Å². The molecule has 1 aliphatic rings. The van der Waals surface area contributed by atoms with Crippen LogP contribution in [-0.4, -0.2) is 37.2 Å². The van der Waals surface area contributed by atoms with Crippen LogP contribution >= 0.6 is 0 Å². The van der Waals surface area contributed by atoms with Crippen molar-refractivity contribution in [1.29, 1.82) is 0 Å². The Morgan fingerprint density at radius 1 is 1.16 bits per heavy atom. The zero-order valence-electron chi connectivity index (χ0n) is 17.0. The number of imidazole rings is 1. The third-order valence-electron chi connectivity index (χ3n) is 5.55. The zero-order chi connectivity index (χ0) is 23.0. The molecule has 2 N–H and O–H groups in total. The van der Waals surface area contributed by atoms with E-state index in [1.807, 2.05) is 0 Å². The molecule has 3 aromatic heterocycles. The molecular formula is C20H21F5N6O. The van der Waals surface area contributed by atoms with Gasteiger partial charge in [0.05, 0.1) is 0 Å². The molecule has 3 aromatic rings. The average molecular weight is 456 g/mol. The van der Waals surface area contributed by atoms with Crippen LogP contribution in [0.15, 0.2) is 30.5 Å². The van der Waals surface area contributed by atoms with Crippen molar-refractivity contribution in [1.82, 2.24) is 24.5 Å². The molecule has 1 aliphatic carbocycles. The number of halogens is 5. The van der Waals surface area contributed by atoms with Crippen molar-refractivity contribution in [3.8, 4) is 0 Å². The van der Waals surface area contributed by atoms with E-state index in [0.717, 1.165) is 16.9 Å². The number of aryl methyl sites for hydroxylation is 1. The summed E-state index contributed by atoms with van der Waals surface area (Å²) in [5, 5.41) is 9.76. The summed E-state index contributed by atoms with van der Waals surface area (Å²) in [5.74, 6) is 0.0403. The van der Waals surface area contributed by atoms with Crippen LogP contribution in [-0.2, 0) is 13.2 Å². The SMILES string of the molecule is Cn1nc(C(F)F)cc1C(=O)NC1CCC(Nc2cccc3nc(C(F)(F)F)cn23)CC1. The van der Waals surface area contributed by atoms with Gasteiger partial charge in [0, 0.05) is 25.3 Å². The highest BCUT2D eigenvalue weighted by molar-refractivity contribution is 5.92. The first-order valence-electron chi connectivity index (χ1n) is 10.1. The second-order valence-corrected chi connectivity index (χ2v) is 7.81. The maximum Gasteiger partial charge on any atom is 0.434 e. The van der Waals surface area contributed by atoms with Crippen molar-refractivity contribution in [3.63, 3.8) is 0 Å². The summed E-state index contributed by atoms with van der Waals surface area (Å²) in [7, 11) is 1.43. The fourth-order valence-corrected chi connectivity index (χ4v) is 3.92. The van der Waals surface area contributed by atoms with E-state index in [1.165, 1.54) is 17.5 Å². The molecule has 7 nitrogen and oxygen atoms in total. The number of amides is 1. The summed E-state index contributed by atoms with van der Waals surface area (Å²) in [4.78, 5) is 16.1. The quantitative estimate of drug-likeness (QED) is 0.565. The smallest absolute Gasteiger partial charge is 0.368 e. The maximum atomic E-state index is 13.0. The summed E-state index contributed by atoms with van der Waals surface area (Å²) >= 11 is 0. The molecule has 0 bridgehead atoms. The number of hydrogen-bond donors (Lipinski definition) is 2. The van der Waals surface area contributed by atoms with E-state index in [4.69, 9.17) is 0 Å². The Morgan fingerprint density at radius 2 is 1.84 bits per heavy atom. The van der Waals surface area contributed by atoms with Crippen molar-refractivity contribution < 1.29 is 26.7 Å². The largest absolute Gasteiger partial charge is 0.434 e. The highest BCUT2D eigenvalue weighted by atomic mass is 19.4. The highest BCUT2D eigenvalue weighted by Gasteiger charge is 2.34. The average Bonchev–Trinajstić information content (AvgIpc) is 3.34. The summed E-state index contributed by atoms with van der Waals surface area (Å²) in [6.07, 6.45) is -3.69. The van der Waals surface area contributed by atoms with Crippen LogP contribution in [0.1, 0.15) is 54.0 Å². The van der Waals surface area contributed by atoms with E-state index in [-0.39, 0.29) is 23.4 Å². The minimum absolute atomic E-state index is 0.00706. The fraction of sp³-hybridized carbons (Fsp3) is 0.450. The number of nitrogens with one attached hydrogen (secondary N) is 2. The Morgan fingerprint density at radius 3 is 2.47 bits per heavy atom. The Balaban J connectivity index is 1.36. The number of carbonyl (C=O) groups excluding carboxylic acids is 1. The fourth-order valence-electron chi connectivity index (χ4n) is 3.92. The van der Waals surface area contributed by atoms with Gasteiger partial charge in [-0.15, -0.1) is 0 Å². The number of fused-ring (bicyclic) bond motifs is 1. The number of carbonyl (C=O) groups is 1. The van der Waals surface area contributed by atoms with E-state index in [0.29, 0.717) is 31.5 Å². The Kier molecular flexibility index (Phi) is 5.78. The van der Waals surface area contributed by atoms with Crippen molar-refractivity contribution in [2.45, 2.75) is 50.4 Å². The lowest BCUT2D eigenvalue weighted by molar-refractivity contribution is -0.140. The van der Waals surface area contributed by atoms with Crippen LogP contribution in [0, 0.1) is 0 Å². The summed E-state index contributed by atoms with van der Waals surface area (Å²) in [6, 6.07) is 5.78. The number of pyridine rings is 1.